The molecule has 0 spiro atoms. The van der Waals surface area contributed by atoms with Crippen LogP contribution in [0.25, 0.3) is 10.9 Å². The molecular formula is C16H14ClN3O. The van der Waals surface area contributed by atoms with Crippen LogP contribution in [0, 0.1) is 13.8 Å². The fraction of sp³-hybridized carbons (Fsp3) is 0.125. The molecule has 0 fully saturated rings. The second-order valence-electron chi connectivity index (χ2n) is 4.86. The number of hydrogen-bond donors (Lipinski definition) is 1. The lowest BCUT2D eigenvalue weighted by atomic mass is 10.2. The van der Waals surface area contributed by atoms with Crippen LogP contribution in [0.5, 0.6) is 0 Å². The van der Waals surface area contributed by atoms with Gasteiger partial charge < -0.3 is 5.32 Å². The van der Waals surface area contributed by atoms with E-state index in [4.69, 9.17) is 11.6 Å². The maximum absolute atomic E-state index is 12.5. The molecule has 0 aliphatic heterocycles. The molecule has 1 N–H and O–H groups in total. The largest absolute Gasteiger partial charge is 0.347 e. The first kappa shape index (κ1) is 13.6. The minimum absolute atomic E-state index is 0.301. The van der Waals surface area contributed by atoms with Gasteiger partial charge in [-0.15, -0.1) is 0 Å². The van der Waals surface area contributed by atoms with Crippen LogP contribution < -0.4 is 5.32 Å². The Hall–Kier alpha value is -2.33. The topological polar surface area (TPSA) is 46.9 Å². The number of rotatable bonds is 1. The Bertz CT molecular complexity index is 839. The summed E-state index contributed by atoms with van der Waals surface area (Å²) in [6.07, 6.45) is 0. The smallest absolute Gasteiger partial charge is 0.306 e. The zero-order chi connectivity index (χ0) is 15.0. The molecule has 0 saturated carbocycles. The van der Waals surface area contributed by atoms with Crippen molar-refractivity contribution in [1.29, 1.82) is 0 Å². The maximum atomic E-state index is 12.5. The summed E-state index contributed by atoms with van der Waals surface area (Å²) in [5.41, 5.74) is 3.13. The second-order valence-corrected chi connectivity index (χ2v) is 5.26. The lowest BCUT2D eigenvalue weighted by molar-refractivity contribution is 0.251. The Morgan fingerprint density at radius 3 is 2.71 bits per heavy atom. The van der Waals surface area contributed by atoms with Crippen LogP contribution in [0.3, 0.4) is 0 Å². The van der Waals surface area contributed by atoms with Crippen molar-refractivity contribution in [3.8, 4) is 0 Å². The van der Waals surface area contributed by atoms with Gasteiger partial charge in [0.05, 0.1) is 11.2 Å². The van der Waals surface area contributed by atoms with Crippen LogP contribution in [0.1, 0.15) is 11.3 Å². The van der Waals surface area contributed by atoms with E-state index < -0.39 is 0 Å². The van der Waals surface area contributed by atoms with E-state index in [9.17, 15) is 4.79 Å². The van der Waals surface area contributed by atoms with Gasteiger partial charge in [0, 0.05) is 16.1 Å². The van der Waals surface area contributed by atoms with Gasteiger partial charge in [0.2, 0.25) is 0 Å². The summed E-state index contributed by atoms with van der Waals surface area (Å²) in [6.45, 7) is 3.75. The lowest BCUT2D eigenvalue weighted by Crippen LogP contribution is -2.21. The Kier molecular flexibility index (Phi) is 3.39. The predicted octanol–water partition coefficient (Wildman–Crippen LogP) is 4.39. The van der Waals surface area contributed by atoms with Gasteiger partial charge in [-0.3, -0.25) is 0 Å². The predicted molar refractivity (Wildman–Crippen MR) is 85.1 cm³/mol. The van der Waals surface area contributed by atoms with E-state index in [1.807, 2.05) is 44.2 Å². The zero-order valence-electron chi connectivity index (χ0n) is 11.7. The molecule has 2 aromatic carbocycles. The lowest BCUT2D eigenvalue weighted by Gasteiger charge is -2.09. The molecule has 0 aliphatic rings. The monoisotopic (exact) mass is 299 g/mol. The molecule has 4 nitrogen and oxygen atoms in total. The number of anilines is 1. The van der Waals surface area contributed by atoms with Crippen molar-refractivity contribution in [2.75, 3.05) is 5.32 Å². The number of nitrogens with one attached hydrogen (secondary N) is 1. The van der Waals surface area contributed by atoms with E-state index in [0.29, 0.717) is 10.7 Å². The van der Waals surface area contributed by atoms with E-state index in [1.54, 1.807) is 12.1 Å². The van der Waals surface area contributed by atoms with Gasteiger partial charge in [-0.1, -0.05) is 35.9 Å². The van der Waals surface area contributed by atoms with Gasteiger partial charge in [-0.2, -0.15) is 9.78 Å². The number of aryl methyl sites for hydroxylation is 1. The third kappa shape index (κ3) is 2.38. The molecule has 0 saturated heterocycles. The Balaban J connectivity index is 2.00. The molecule has 1 aromatic heterocycles. The number of benzene rings is 2. The van der Waals surface area contributed by atoms with Crippen LogP contribution in [-0.2, 0) is 0 Å². The highest BCUT2D eigenvalue weighted by atomic mass is 35.5. The van der Waals surface area contributed by atoms with Gasteiger partial charge in [0.1, 0.15) is 0 Å². The minimum Gasteiger partial charge on any atom is -0.306 e. The van der Waals surface area contributed by atoms with Crippen molar-refractivity contribution >= 4 is 34.2 Å². The van der Waals surface area contributed by atoms with Gasteiger partial charge in [-0.05, 0) is 37.6 Å². The van der Waals surface area contributed by atoms with Crippen LogP contribution in [-0.4, -0.2) is 15.8 Å². The van der Waals surface area contributed by atoms with E-state index >= 15 is 0 Å². The van der Waals surface area contributed by atoms with Crippen LogP contribution in [0.4, 0.5) is 10.5 Å². The van der Waals surface area contributed by atoms with Crippen molar-refractivity contribution in [1.82, 2.24) is 9.78 Å². The molecule has 1 amide bonds. The van der Waals surface area contributed by atoms with Crippen molar-refractivity contribution in [3.05, 3.63) is 58.7 Å². The zero-order valence-corrected chi connectivity index (χ0v) is 12.5. The van der Waals surface area contributed by atoms with Crippen molar-refractivity contribution in [3.63, 3.8) is 0 Å². The number of carbonyl (C=O) groups is 1. The Labute approximate surface area is 127 Å². The summed E-state index contributed by atoms with van der Waals surface area (Å²) in [5.74, 6) is 0. The number of nitrogens with zero attached hydrogens (tertiary/aromatic N) is 2. The van der Waals surface area contributed by atoms with Gasteiger partial charge in [-0.25, -0.2) is 4.79 Å². The fourth-order valence-corrected chi connectivity index (χ4v) is 2.46. The number of aromatic nitrogens is 2. The molecule has 0 aliphatic carbocycles. The molecule has 5 heteroatoms. The van der Waals surface area contributed by atoms with E-state index in [1.165, 1.54) is 4.68 Å². The Morgan fingerprint density at radius 1 is 1.14 bits per heavy atom. The summed E-state index contributed by atoms with van der Waals surface area (Å²) < 4.78 is 1.38. The molecular weight excluding hydrogens is 286 g/mol. The van der Waals surface area contributed by atoms with Gasteiger partial charge in [0.25, 0.3) is 0 Å². The summed E-state index contributed by atoms with van der Waals surface area (Å²) in [5, 5.41) is 8.75. The van der Waals surface area contributed by atoms with Crippen LogP contribution >= 0.6 is 11.6 Å². The average molecular weight is 300 g/mol. The summed E-state index contributed by atoms with van der Waals surface area (Å²) in [7, 11) is 0. The maximum Gasteiger partial charge on any atom is 0.347 e. The SMILES string of the molecule is Cc1c(Cl)cccc1NC(=O)n1nc(C)c2ccccc21. The molecule has 0 unspecified atom stereocenters. The molecule has 21 heavy (non-hydrogen) atoms. The molecule has 3 rings (SSSR count). The van der Waals surface area contributed by atoms with Crippen LogP contribution in [0.15, 0.2) is 42.5 Å². The van der Waals surface area contributed by atoms with E-state index in [2.05, 4.69) is 10.4 Å². The number of amides is 1. The molecule has 0 radical (unpaired) electrons. The summed E-state index contributed by atoms with van der Waals surface area (Å²) >= 11 is 6.07. The molecule has 0 atom stereocenters. The van der Waals surface area contributed by atoms with Crippen molar-refractivity contribution < 1.29 is 4.79 Å². The van der Waals surface area contributed by atoms with Crippen LogP contribution in [0.2, 0.25) is 5.02 Å². The molecule has 106 valence electrons. The number of halogens is 1. The van der Waals surface area contributed by atoms with Crippen molar-refractivity contribution in [2.45, 2.75) is 13.8 Å². The first-order valence-electron chi connectivity index (χ1n) is 6.59. The highest BCUT2D eigenvalue weighted by Crippen LogP contribution is 2.24. The Morgan fingerprint density at radius 2 is 1.90 bits per heavy atom. The highest BCUT2D eigenvalue weighted by Gasteiger charge is 2.14. The average Bonchev–Trinajstić information content (AvgIpc) is 2.82. The summed E-state index contributed by atoms with van der Waals surface area (Å²) in [6, 6.07) is 12.8. The first-order chi connectivity index (χ1) is 10.1. The van der Waals surface area contributed by atoms with E-state index in [0.717, 1.165) is 22.2 Å². The van der Waals surface area contributed by atoms with Gasteiger partial charge >= 0.3 is 6.03 Å². The molecule has 3 aromatic rings. The third-order valence-electron chi connectivity index (χ3n) is 3.47. The highest BCUT2D eigenvalue weighted by molar-refractivity contribution is 6.31. The fourth-order valence-electron chi connectivity index (χ4n) is 2.29. The number of fused-ring (bicyclic) bond motifs is 1. The number of carbonyl (C=O) groups excluding carboxylic acids is 1. The normalized spacial score (nSPS) is 10.8. The first-order valence-corrected chi connectivity index (χ1v) is 6.96. The van der Waals surface area contributed by atoms with Crippen molar-refractivity contribution in [2.24, 2.45) is 0 Å². The van der Waals surface area contributed by atoms with Gasteiger partial charge in [0.15, 0.2) is 0 Å². The minimum atomic E-state index is -0.301. The van der Waals surface area contributed by atoms with E-state index in [-0.39, 0.29) is 6.03 Å². The molecule has 1 heterocycles. The second kappa shape index (κ2) is 5.22. The summed E-state index contributed by atoms with van der Waals surface area (Å²) in [4.78, 5) is 12.5. The quantitative estimate of drug-likeness (QED) is 0.724. The number of para-hydroxylation sites is 1. The standard InChI is InChI=1S/C16H14ClN3O/c1-10-13(17)7-5-8-14(10)18-16(21)20-15-9-4-3-6-12(15)11(2)19-20/h3-9H,1-2H3,(H,18,21). The number of hydrogen-bond acceptors (Lipinski definition) is 2. The third-order valence-corrected chi connectivity index (χ3v) is 3.88. The molecule has 0 bridgehead atoms.